The smallest absolute Gasteiger partial charge is 0.231 e. The summed E-state index contributed by atoms with van der Waals surface area (Å²) in [4.78, 5) is 14.4. The van der Waals surface area contributed by atoms with Crippen LogP contribution in [0.4, 0.5) is 5.69 Å². The van der Waals surface area contributed by atoms with E-state index < -0.39 is 5.54 Å². The van der Waals surface area contributed by atoms with Gasteiger partial charge in [-0.05, 0) is 24.4 Å². The van der Waals surface area contributed by atoms with Crippen LogP contribution in [0.2, 0.25) is 0 Å². The Bertz CT molecular complexity index is 703. The Hall–Kier alpha value is -2.08. The van der Waals surface area contributed by atoms with E-state index in [2.05, 4.69) is 11.4 Å². The van der Waals surface area contributed by atoms with Gasteiger partial charge in [-0.1, -0.05) is 12.1 Å². The summed E-state index contributed by atoms with van der Waals surface area (Å²) < 4.78 is 1.03. The van der Waals surface area contributed by atoms with Crippen LogP contribution in [0.1, 0.15) is 18.2 Å². The van der Waals surface area contributed by atoms with Crippen LogP contribution < -0.4 is 11.1 Å². The van der Waals surface area contributed by atoms with Crippen molar-refractivity contribution in [1.82, 2.24) is 10.2 Å². The molecule has 6 heteroatoms. The Morgan fingerprint density at radius 2 is 2.25 bits per heavy atom. The first kappa shape index (κ1) is 12.9. The van der Waals surface area contributed by atoms with Crippen LogP contribution >= 0.6 is 11.3 Å². The number of carbonyl (C=O) groups is 1. The van der Waals surface area contributed by atoms with Crippen LogP contribution in [0.15, 0.2) is 24.3 Å². The molecule has 1 amide bonds. The summed E-state index contributed by atoms with van der Waals surface area (Å²) in [6.07, 6.45) is 0.332. The van der Waals surface area contributed by atoms with Gasteiger partial charge in [-0.25, -0.2) is 0 Å². The van der Waals surface area contributed by atoms with E-state index in [1.165, 1.54) is 4.90 Å². The SMILES string of the molecule is CN1C(=N)N[C@](C)(c2cc3cccc(N)c3s2)CC1=O. The molecule has 0 saturated carbocycles. The fraction of sp³-hybridized carbons (Fsp3) is 0.286. The molecule has 1 fully saturated rings. The van der Waals surface area contributed by atoms with Crippen molar-refractivity contribution in [3.63, 3.8) is 0 Å². The Labute approximate surface area is 120 Å². The number of carbonyl (C=O) groups excluding carboxylic acids is 1. The van der Waals surface area contributed by atoms with Crippen molar-refractivity contribution in [3.8, 4) is 0 Å². The minimum Gasteiger partial charge on any atom is -0.398 e. The highest BCUT2D eigenvalue weighted by molar-refractivity contribution is 7.19. The second-order valence-electron chi connectivity index (χ2n) is 5.31. The van der Waals surface area contributed by atoms with Gasteiger partial charge in [0.25, 0.3) is 0 Å². The number of hydrogen-bond donors (Lipinski definition) is 3. The van der Waals surface area contributed by atoms with Crippen molar-refractivity contribution in [2.24, 2.45) is 0 Å². The zero-order valence-electron chi connectivity index (χ0n) is 11.4. The fourth-order valence-corrected chi connectivity index (χ4v) is 3.63. The summed E-state index contributed by atoms with van der Waals surface area (Å²) in [5, 5.41) is 12.1. The largest absolute Gasteiger partial charge is 0.398 e. The lowest BCUT2D eigenvalue weighted by Crippen LogP contribution is -2.57. The number of nitrogens with two attached hydrogens (primary N) is 1. The Balaban J connectivity index is 2.08. The molecule has 1 aliphatic heterocycles. The molecule has 1 aromatic heterocycles. The van der Waals surface area contributed by atoms with Crippen molar-refractivity contribution in [2.75, 3.05) is 12.8 Å². The summed E-state index contributed by atoms with van der Waals surface area (Å²) in [5.41, 5.74) is 6.19. The number of anilines is 1. The summed E-state index contributed by atoms with van der Waals surface area (Å²) in [6, 6.07) is 7.86. The molecular formula is C14H16N4OS. The van der Waals surface area contributed by atoms with E-state index >= 15 is 0 Å². The van der Waals surface area contributed by atoms with Gasteiger partial charge in [-0.15, -0.1) is 11.3 Å². The number of nitrogens with one attached hydrogen (secondary N) is 2. The third kappa shape index (κ3) is 1.84. The van der Waals surface area contributed by atoms with Crippen LogP contribution in [0, 0.1) is 5.41 Å². The molecule has 1 aromatic carbocycles. The number of nitrogens with zero attached hydrogens (tertiary/aromatic N) is 1. The van der Waals surface area contributed by atoms with E-state index in [9.17, 15) is 4.79 Å². The minimum absolute atomic E-state index is 0.0540. The van der Waals surface area contributed by atoms with Crippen molar-refractivity contribution >= 4 is 39.0 Å². The Kier molecular flexibility index (Phi) is 2.72. The third-order valence-corrected chi connectivity index (χ3v) is 5.19. The predicted octanol–water partition coefficient (Wildman–Crippen LogP) is 2.09. The first-order valence-electron chi connectivity index (χ1n) is 6.32. The third-order valence-electron chi connectivity index (χ3n) is 3.73. The van der Waals surface area contributed by atoms with Gasteiger partial charge < -0.3 is 11.1 Å². The van der Waals surface area contributed by atoms with Crippen LogP contribution in [0.25, 0.3) is 10.1 Å². The average Bonchev–Trinajstić information content (AvgIpc) is 2.82. The van der Waals surface area contributed by atoms with Gasteiger partial charge in [0.2, 0.25) is 5.91 Å². The molecule has 0 aliphatic carbocycles. The number of amides is 1. The molecule has 1 aliphatic rings. The predicted molar refractivity (Wildman–Crippen MR) is 81.8 cm³/mol. The molecule has 20 heavy (non-hydrogen) atoms. The van der Waals surface area contributed by atoms with E-state index in [4.69, 9.17) is 11.1 Å². The van der Waals surface area contributed by atoms with Gasteiger partial charge in [-0.2, -0.15) is 0 Å². The monoisotopic (exact) mass is 288 g/mol. The first-order valence-corrected chi connectivity index (χ1v) is 7.14. The van der Waals surface area contributed by atoms with Crippen LogP contribution in [-0.4, -0.2) is 23.8 Å². The van der Waals surface area contributed by atoms with Crippen molar-refractivity contribution in [2.45, 2.75) is 18.9 Å². The summed E-state index contributed by atoms with van der Waals surface area (Å²) in [6.45, 7) is 1.95. The average molecular weight is 288 g/mol. The maximum Gasteiger partial charge on any atom is 0.231 e. The molecule has 0 spiro atoms. The van der Waals surface area contributed by atoms with E-state index in [1.54, 1.807) is 18.4 Å². The molecule has 3 rings (SSSR count). The lowest BCUT2D eigenvalue weighted by molar-refractivity contribution is -0.129. The molecule has 2 heterocycles. The maximum absolute atomic E-state index is 12.0. The summed E-state index contributed by atoms with van der Waals surface area (Å²) >= 11 is 1.58. The Morgan fingerprint density at radius 3 is 2.90 bits per heavy atom. The number of nitrogen functional groups attached to an aromatic ring is 1. The van der Waals surface area contributed by atoms with Crippen molar-refractivity contribution in [1.29, 1.82) is 5.41 Å². The lowest BCUT2D eigenvalue weighted by atomic mass is 9.92. The van der Waals surface area contributed by atoms with E-state index in [-0.39, 0.29) is 11.9 Å². The summed E-state index contributed by atoms with van der Waals surface area (Å²) in [7, 11) is 1.61. The molecule has 0 unspecified atom stereocenters. The number of guanidine groups is 1. The summed E-state index contributed by atoms with van der Waals surface area (Å²) in [5.74, 6) is 0.0795. The molecule has 1 saturated heterocycles. The van der Waals surface area contributed by atoms with Crippen molar-refractivity contribution in [3.05, 3.63) is 29.1 Å². The molecule has 4 N–H and O–H groups in total. The number of benzene rings is 1. The van der Waals surface area contributed by atoms with Gasteiger partial charge in [0, 0.05) is 17.6 Å². The zero-order valence-corrected chi connectivity index (χ0v) is 12.2. The van der Waals surface area contributed by atoms with Crippen LogP contribution in [0.3, 0.4) is 0 Å². The lowest BCUT2D eigenvalue weighted by Gasteiger charge is -2.38. The molecule has 104 valence electrons. The maximum atomic E-state index is 12.0. The highest BCUT2D eigenvalue weighted by atomic mass is 32.1. The standard InChI is InChI=1S/C14H16N4OS/c1-14(7-11(19)18(2)13(16)17-14)10-6-8-4-3-5-9(15)12(8)20-10/h3-6H,7,15H2,1-2H3,(H2,16,17)/t14-/m0/s1. The highest BCUT2D eigenvalue weighted by Crippen LogP contribution is 2.38. The molecular weight excluding hydrogens is 272 g/mol. The van der Waals surface area contributed by atoms with E-state index in [0.717, 1.165) is 20.7 Å². The normalized spacial score (nSPS) is 23.2. The van der Waals surface area contributed by atoms with Gasteiger partial charge >= 0.3 is 0 Å². The van der Waals surface area contributed by atoms with Crippen LogP contribution in [0.5, 0.6) is 0 Å². The van der Waals surface area contributed by atoms with Gasteiger partial charge in [0.15, 0.2) is 5.96 Å². The second-order valence-corrected chi connectivity index (χ2v) is 6.36. The number of hydrogen-bond acceptors (Lipinski definition) is 4. The fourth-order valence-electron chi connectivity index (χ4n) is 2.44. The number of thiophene rings is 1. The topological polar surface area (TPSA) is 82.2 Å². The van der Waals surface area contributed by atoms with E-state index in [1.807, 2.05) is 25.1 Å². The minimum atomic E-state index is -0.545. The first-order chi connectivity index (χ1) is 9.40. The molecule has 5 nitrogen and oxygen atoms in total. The second kappa shape index (κ2) is 4.21. The number of rotatable bonds is 1. The zero-order chi connectivity index (χ0) is 14.5. The van der Waals surface area contributed by atoms with Crippen molar-refractivity contribution < 1.29 is 4.79 Å². The quantitative estimate of drug-likeness (QED) is 0.703. The molecule has 1 atom stereocenters. The number of fused-ring (bicyclic) bond motifs is 1. The van der Waals surface area contributed by atoms with E-state index in [0.29, 0.717) is 6.42 Å². The highest BCUT2D eigenvalue weighted by Gasteiger charge is 2.39. The van der Waals surface area contributed by atoms with Gasteiger partial charge in [-0.3, -0.25) is 15.1 Å². The van der Waals surface area contributed by atoms with Crippen LogP contribution in [-0.2, 0) is 10.3 Å². The Morgan fingerprint density at radius 1 is 1.50 bits per heavy atom. The van der Waals surface area contributed by atoms with Gasteiger partial charge in [0.1, 0.15) is 0 Å². The molecule has 0 bridgehead atoms. The van der Waals surface area contributed by atoms with Gasteiger partial charge in [0.05, 0.1) is 16.7 Å². The molecule has 0 radical (unpaired) electrons. The molecule has 2 aromatic rings.